The molecule has 0 saturated carbocycles. The molecule has 0 saturated heterocycles. The lowest BCUT2D eigenvalue weighted by molar-refractivity contribution is 0.0977. The van der Waals surface area contributed by atoms with Gasteiger partial charge in [-0.05, 0) is 41.0 Å². The smallest absolute Gasteiger partial charge is 0.276 e. The maximum absolute atomic E-state index is 13.6. The SMILES string of the molecule is Cn1cncc1C(=O)N(Cc1cnc2ccccc2c1)c1cccc(-c2ccccc2)c1. The molecule has 5 rings (SSSR count). The largest absolute Gasteiger partial charge is 0.330 e. The Morgan fingerprint density at radius 1 is 0.875 bits per heavy atom. The lowest BCUT2D eigenvalue weighted by Crippen LogP contribution is -2.31. The molecule has 0 radical (unpaired) electrons. The summed E-state index contributed by atoms with van der Waals surface area (Å²) in [6, 6.07) is 28.3. The Morgan fingerprint density at radius 2 is 1.66 bits per heavy atom. The molecule has 0 bridgehead atoms. The molecule has 0 atom stereocenters. The van der Waals surface area contributed by atoms with Gasteiger partial charge < -0.3 is 9.47 Å². The van der Waals surface area contributed by atoms with E-state index in [2.05, 4.69) is 40.3 Å². The number of anilines is 1. The number of benzene rings is 3. The number of hydrogen-bond acceptors (Lipinski definition) is 3. The Balaban J connectivity index is 1.57. The van der Waals surface area contributed by atoms with Crippen LogP contribution in [0.3, 0.4) is 0 Å². The molecule has 0 aliphatic rings. The molecule has 3 aromatic carbocycles. The van der Waals surface area contributed by atoms with Gasteiger partial charge in [0.1, 0.15) is 5.69 Å². The molecule has 2 aromatic heterocycles. The van der Waals surface area contributed by atoms with E-state index >= 15 is 0 Å². The number of aromatic nitrogens is 3. The lowest BCUT2D eigenvalue weighted by Gasteiger charge is -2.24. The Labute approximate surface area is 186 Å². The molecule has 156 valence electrons. The van der Waals surface area contributed by atoms with E-state index in [-0.39, 0.29) is 5.91 Å². The number of amides is 1. The van der Waals surface area contributed by atoms with Crippen molar-refractivity contribution in [3.05, 3.63) is 115 Å². The molecule has 5 nitrogen and oxygen atoms in total. The van der Waals surface area contributed by atoms with Gasteiger partial charge in [0.15, 0.2) is 0 Å². The van der Waals surface area contributed by atoms with E-state index in [1.165, 1.54) is 0 Å². The maximum Gasteiger partial charge on any atom is 0.276 e. The Hall–Kier alpha value is -4.25. The standard InChI is InChI=1S/C27H22N4O/c1-30-19-28-17-26(30)27(32)31(18-20-14-23-10-5-6-13-25(23)29-16-20)24-12-7-11-22(15-24)21-8-3-2-4-9-21/h2-17,19H,18H2,1H3. The number of imidazole rings is 1. The topological polar surface area (TPSA) is 51.0 Å². The van der Waals surface area contributed by atoms with Crippen LogP contribution in [0.2, 0.25) is 0 Å². The molecule has 0 aliphatic heterocycles. The first-order valence-electron chi connectivity index (χ1n) is 10.5. The molecule has 32 heavy (non-hydrogen) atoms. The molecule has 5 aromatic rings. The van der Waals surface area contributed by atoms with Crippen molar-refractivity contribution in [2.24, 2.45) is 7.05 Å². The third-order valence-electron chi connectivity index (χ3n) is 5.53. The molecule has 0 fully saturated rings. The number of carbonyl (C=O) groups excluding carboxylic acids is 1. The van der Waals surface area contributed by atoms with Gasteiger partial charge in [-0.15, -0.1) is 0 Å². The van der Waals surface area contributed by atoms with Gasteiger partial charge in [0.05, 0.1) is 24.6 Å². The second-order valence-corrected chi connectivity index (χ2v) is 7.73. The van der Waals surface area contributed by atoms with Gasteiger partial charge in [0, 0.05) is 24.3 Å². The van der Waals surface area contributed by atoms with Gasteiger partial charge in [-0.25, -0.2) is 4.98 Å². The maximum atomic E-state index is 13.6. The lowest BCUT2D eigenvalue weighted by atomic mass is 10.0. The van der Waals surface area contributed by atoms with Crippen LogP contribution in [0.5, 0.6) is 0 Å². The van der Waals surface area contributed by atoms with Crippen LogP contribution in [0.15, 0.2) is 104 Å². The first-order chi connectivity index (χ1) is 15.7. The summed E-state index contributed by atoms with van der Waals surface area (Å²) in [5.74, 6) is -0.108. The number of nitrogens with zero attached hydrogens (tertiary/aromatic N) is 4. The van der Waals surface area contributed by atoms with Gasteiger partial charge >= 0.3 is 0 Å². The van der Waals surface area contributed by atoms with Crippen LogP contribution in [-0.4, -0.2) is 20.4 Å². The van der Waals surface area contributed by atoms with E-state index in [0.29, 0.717) is 12.2 Å². The van der Waals surface area contributed by atoms with Crippen LogP contribution in [0.25, 0.3) is 22.0 Å². The van der Waals surface area contributed by atoms with E-state index in [0.717, 1.165) is 33.3 Å². The second kappa shape index (κ2) is 8.47. The van der Waals surface area contributed by atoms with E-state index in [4.69, 9.17) is 0 Å². The van der Waals surface area contributed by atoms with Gasteiger partial charge in [-0.2, -0.15) is 0 Å². The van der Waals surface area contributed by atoms with Crippen LogP contribution >= 0.6 is 0 Å². The van der Waals surface area contributed by atoms with Crippen LogP contribution in [0, 0.1) is 0 Å². The van der Waals surface area contributed by atoms with Crippen LogP contribution in [0.4, 0.5) is 5.69 Å². The van der Waals surface area contributed by atoms with Crippen molar-refractivity contribution in [2.75, 3.05) is 4.90 Å². The van der Waals surface area contributed by atoms with Crippen LogP contribution in [-0.2, 0) is 13.6 Å². The summed E-state index contributed by atoms with van der Waals surface area (Å²) >= 11 is 0. The van der Waals surface area contributed by atoms with Crippen LogP contribution < -0.4 is 4.90 Å². The van der Waals surface area contributed by atoms with E-state index < -0.39 is 0 Å². The minimum Gasteiger partial charge on any atom is -0.330 e. The molecule has 2 heterocycles. The van der Waals surface area contributed by atoms with Gasteiger partial charge in [0.25, 0.3) is 5.91 Å². The summed E-state index contributed by atoms with van der Waals surface area (Å²) in [5, 5.41) is 1.05. The van der Waals surface area contributed by atoms with E-state index in [9.17, 15) is 4.79 Å². The zero-order valence-electron chi connectivity index (χ0n) is 17.7. The summed E-state index contributed by atoms with van der Waals surface area (Å²) in [6.07, 6.45) is 5.09. The Bertz CT molecular complexity index is 1390. The van der Waals surface area contributed by atoms with Gasteiger partial charge in [0.2, 0.25) is 0 Å². The van der Waals surface area contributed by atoms with E-state index in [1.807, 2.05) is 67.8 Å². The van der Waals surface area contributed by atoms with Gasteiger partial charge in [-0.3, -0.25) is 9.78 Å². The van der Waals surface area contributed by atoms with Crippen molar-refractivity contribution < 1.29 is 4.79 Å². The second-order valence-electron chi connectivity index (χ2n) is 7.73. The predicted molar refractivity (Wildman–Crippen MR) is 127 cm³/mol. The first-order valence-corrected chi connectivity index (χ1v) is 10.5. The number of aryl methyl sites for hydroxylation is 1. The number of fused-ring (bicyclic) bond motifs is 1. The number of rotatable bonds is 5. The van der Waals surface area contributed by atoms with Gasteiger partial charge in [-0.1, -0.05) is 60.7 Å². The fourth-order valence-corrected chi connectivity index (χ4v) is 3.85. The van der Waals surface area contributed by atoms with Crippen molar-refractivity contribution in [2.45, 2.75) is 6.54 Å². The summed E-state index contributed by atoms with van der Waals surface area (Å²) < 4.78 is 1.75. The Kier molecular flexibility index (Phi) is 5.22. The average molecular weight is 419 g/mol. The third-order valence-corrected chi connectivity index (χ3v) is 5.53. The molecule has 0 spiro atoms. The number of para-hydroxylation sites is 1. The average Bonchev–Trinajstić information content (AvgIpc) is 3.28. The molecule has 0 unspecified atom stereocenters. The minimum absolute atomic E-state index is 0.108. The van der Waals surface area contributed by atoms with Crippen molar-refractivity contribution in [3.8, 4) is 11.1 Å². The summed E-state index contributed by atoms with van der Waals surface area (Å²) in [4.78, 5) is 24.1. The van der Waals surface area contributed by atoms with Crippen molar-refractivity contribution in [1.29, 1.82) is 0 Å². The van der Waals surface area contributed by atoms with Crippen molar-refractivity contribution >= 4 is 22.5 Å². The predicted octanol–water partition coefficient (Wildman–Crippen LogP) is 5.48. The van der Waals surface area contributed by atoms with Crippen LogP contribution in [0.1, 0.15) is 16.1 Å². The van der Waals surface area contributed by atoms with E-state index in [1.54, 1.807) is 22.0 Å². The number of carbonyl (C=O) groups is 1. The zero-order valence-corrected chi connectivity index (χ0v) is 17.7. The third kappa shape index (κ3) is 3.88. The highest BCUT2D eigenvalue weighted by Gasteiger charge is 2.21. The summed E-state index contributed by atoms with van der Waals surface area (Å²) in [7, 11) is 1.83. The molecule has 0 N–H and O–H groups in total. The van der Waals surface area contributed by atoms with Crippen molar-refractivity contribution in [1.82, 2.24) is 14.5 Å². The summed E-state index contributed by atoms with van der Waals surface area (Å²) in [5.41, 5.74) is 5.42. The molecule has 1 amide bonds. The minimum atomic E-state index is -0.108. The fraction of sp³-hybridized carbons (Fsp3) is 0.0741. The first kappa shape index (κ1) is 19.7. The molecule has 0 aliphatic carbocycles. The normalized spacial score (nSPS) is 10.9. The fourth-order valence-electron chi connectivity index (χ4n) is 3.85. The highest BCUT2D eigenvalue weighted by Crippen LogP contribution is 2.27. The number of pyridine rings is 1. The molecule has 5 heteroatoms. The highest BCUT2D eigenvalue weighted by atomic mass is 16.2. The molecular formula is C27H22N4O. The van der Waals surface area contributed by atoms with Crippen molar-refractivity contribution in [3.63, 3.8) is 0 Å². The summed E-state index contributed by atoms with van der Waals surface area (Å²) in [6.45, 7) is 0.403. The quantitative estimate of drug-likeness (QED) is 0.380. The Morgan fingerprint density at radius 3 is 2.47 bits per heavy atom. The zero-order chi connectivity index (χ0) is 21.9. The highest BCUT2D eigenvalue weighted by molar-refractivity contribution is 6.05. The number of hydrogen-bond donors (Lipinski definition) is 0. The monoisotopic (exact) mass is 418 g/mol. The molecular weight excluding hydrogens is 396 g/mol.